The minimum absolute atomic E-state index is 0.109. The van der Waals surface area contributed by atoms with Crippen LogP contribution in [0.25, 0.3) is 0 Å². The van der Waals surface area contributed by atoms with Crippen LogP contribution in [0.1, 0.15) is 17.2 Å². The first kappa shape index (κ1) is 15.8. The van der Waals surface area contributed by atoms with Crippen LogP contribution >= 0.6 is 15.9 Å². The van der Waals surface area contributed by atoms with Crippen molar-refractivity contribution in [1.82, 2.24) is 5.32 Å². The first-order valence-corrected chi connectivity index (χ1v) is 7.24. The maximum absolute atomic E-state index is 13.4. The Morgan fingerprint density at radius 3 is 2.43 bits per heavy atom. The molecule has 0 heterocycles. The van der Waals surface area contributed by atoms with Crippen LogP contribution in [0.15, 0.2) is 40.9 Å². The molecule has 0 saturated carbocycles. The molecule has 5 heteroatoms. The highest BCUT2D eigenvalue weighted by Gasteiger charge is 2.18. The zero-order chi connectivity index (χ0) is 15.4. The standard InChI is InChI=1S/C16H17BrFNO2/c1-19-16(10-4-7-14(18)13(17)8-10)12-6-5-11(20-2)9-15(12)21-3/h4-9,16,19H,1-3H3. The van der Waals surface area contributed by atoms with E-state index in [2.05, 4.69) is 21.2 Å². The quantitative estimate of drug-likeness (QED) is 0.883. The van der Waals surface area contributed by atoms with Gasteiger partial charge >= 0.3 is 0 Å². The molecule has 1 N–H and O–H groups in total. The van der Waals surface area contributed by atoms with Crippen molar-refractivity contribution < 1.29 is 13.9 Å². The number of benzene rings is 2. The summed E-state index contributed by atoms with van der Waals surface area (Å²) in [6.07, 6.45) is 0. The molecule has 0 amide bonds. The van der Waals surface area contributed by atoms with Gasteiger partial charge in [-0.25, -0.2) is 4.39 Å². The average molecular weight is 354 g/mol. The van der Waals surface area contributed by atoms with Gasteiger partial charge in [0.15, 0.2) is 0 Å². The van der Waals surface area contributed by atoms with E-state index in [1.807, 2.05) is 25.2 Å². The third kappa shape index (κ3) is 3.36. The molecule has 2 aromatic carbocycles. The van der Waals surface area contributed by atoms with E-state index in [4.69, 9.17) is 9.47 Å². The fourth-order valence-corrected chi connectivity index (χ4v) is 2.65. The number of rotatable bonds is 5. The summed E-state index contributed by atoms with van der Waals surface area (Å²) in [6, 6.07) is 10.5. The Hall–Kier alpha value is -1.59. The van der Waals surface area contributed by atoms with E-state index in [-0.39, 0.29) is 11.9 Å². The minimum atomic E-state index is -0.282. The number of hydrogen-bond acceptors (Lipinski definition) is 3. The van der Waals surface area contributed by atoms with E-state index in [0.717, 1.165) is 16.9 Å². The van der Waals surface area contributed by atoms with E-state index in [9.17, 15) is 4.39 Å². The molecule has 0 aliphatic carbocycles. The largest absolute Gasteiger partial charge is 0.497 e. The highest BCUT2D eigenvalue weighted by atomic mass is 79.9. The molecule has 1 atom stereocenters. The lowest BCUT2D eigenvalue weighted by atomic mass is 9.97. The van der Waals surface area contributed by atoms with Crippen molar-refractivity contribution in [3.63, 3.8) is 0 Å². The van der Waals surface area contributed by atoms with Crippen molar-refractivity contribution in [2.45, 2.75) is 6.04 Å². The van der Waals surface area contributed by atoms with Crippen molar-refractivity contribution in [2.24, 2.45) is 0 Å². The van der Waals surface area contributed by atoms with Crippen LogP contribution in [0.2, 0.25) is 0 Å². The van der Waals surface area contributed by atoms with Crippen molar-refractivity contribution in [2.75, 3.05) is 21.3 Å². The number of ether oxygens (including phenoxy) is 2. The number of methoxy groups -OCH3 is 2. The first-order valence-electron chi connectivity index (χ1n) is 6.44. The Kier molecular flexibility index (Phi) is 5.20. The van der Waals surface area contributed by atoms with Crippen molar-refractivity contribution in [1.29, 1.82) is 0 Å². The monoisotopic (exact) mass is 353 g/mol. The smallest absolute Gasteiger partial charge is 0.137 e. The number of nitrogens with one attached hydrogen (secondary N) is 1. The first-order chi connectivity index (χ1) is 10.1. The van der Waals surface area contributed by atoms with Crippen LogP contribution in [0.5, 0.6) is 11.5 Å². The van der Waals surface area contributed by atoms with E-state index < -0.39 is 0 Å². The lowest BCUT2D eigenvalue weighted by molar-refractivity contribution is 0.388. The average Bonchev–Trinajstić information content (AvgIpc) is 2.51. The SMILES string of the molecule is CNC(c1ccc(F)c(Br)c1)c1ccc(OC)cc1OC. The maximum atomic E-state index is 13.4. The summed E-state index contributed by atoms with van der Waals surface area (Å²) in [6.45, 7) is 0. The van der Waals surface area contributed by atoms with Gasteiger partial charge in [0, 0.05) is 11.6 Å². The van der Waals surface area contributed by atoms with Gasteiger partial charge in [-0.05, 0) is 52.8 Å². The zero-order valence-electron chi connectivity index (χ0n) is 12.1. The molecule has 0 aliphatic rings. The van der Waals surface area contributed by atoms with Gasteiger partial charge in [0.1, 0.15) is 17.3 Å². The Morgan fingerprint density at radius 1 is 1.10 bits per heavy atom. The van der Waals surface area contributed by atoms with Gasteiger partial charge in [-0.3, -0.25) is 0 Å². The van der Waals surface area contributed by atoms with Gasteiger partial charge in [-0.15, -0.1) is 0 Å². The molecule has 0 fully saturated rings. The van der Waals surface area contributed by atoms with Crippen LogP contribution < -0.4 is 14.8 Å². The Bertz CT molecular complexity index is 634. The molecule has 112 valence electrons. The lowest BCUT2D eigenvalue weighted by Gasteiger charge is -2.20. The van der Waals surface area contributed by atoms with Gasteiger partial charge in [0.05, 0.1) is 24.7 Å². The fourth-order valence-electron chi connectivity index (χ4n) is 2.25. The molecule has 0 aromatic heterocycles. The molecule has 2 rings (SSSR count). The molecule has 0 radical (unpaired) electrons. The topological polar surface area (TPSA) is 30.5 Å². The van der Waals surface area contributed by atoms with Gasteiger partial charge < -0.3 is 14.8 Å². The second-order valence-corrected chi connectivity index (χ2v) is 5.36. The predicted molar refractivity (Wildman–Crippen MR) is 84.5 cm³/mol. The van der Waals surface area contributed by atoms with Gasteiger partial charge in [-0.1, -0.05) is 6.07 Å². The normalized spacial score (nSPS) is 12.0. The Balaban J connectivity index is 2.47. The van der Waals surface area contributed by atoms with Gasteiger partial charge in [-0.2, -0.15) is 0 Å². The summed E-state index contributed by atoms with van der Waals surface area (Å²) < 4.78 is 24.5. The van der Waals surface area contributed by atoms with E-state index in [1.54, 1.807) is 26.4 Å². The molecule has 2 aromatic rings. The third-order valence-electron chi connectivity index (χ3n) is 3.32. The van der Waals surface area contributed by atoms with Crippen LogP contribution in [0.3, 0.4) is 0 Å². The molecular formula is C16H17BrFNO2. The number of halogens is 2. The maximum Gasteiger partial charge on any atom is 0.137 e. The van der Waals surface area contributed by atoms with Crippen LogP contribution in [0.4, 0.5) is 4.39 Å². The lowest BCUT2D eigenvalue weighted by Crippen LogP contribution is -2.18. The highest BCUT2D eigenvalue weighted by molar-refractivity contribution is 9.10. The summed E-state index contributed by atoms with van der Waals surface area (Å²) >= 11 is 3.22. The van der Waals surface area contributed by atoms with Gasteiger partial charge in [0.2, 0.25) is 0 Å². The molecule has 0 saturated heterocycles. The van der Waals surface area contributed by atoms with Crippen molar-refractivity contribution in [3.05, 3.63) is 57.8 Å². The second-order valence-electron chi connectivity index (χ2n) is 4.50. The van der Waals surface area contributed by atoms with Gasteiger partial charge in [0.25, 0.3) is 0 Å². The minimum Gasteiger partial charge on any atom is -0.497 e. The van der Waals surface area contributed by atoms with Crippen LogP contribution in [-0.4, -0.2) is 21.3 Å². The summed E-state index contributed by atoms with van der Waals surface area (Å²) in [5.74, 6) is 1.16. The van der Waals surface area contributed by atoms with Crippen molar-refractivity contribution >= 4 is 15.9 Å². The molecule has 3 nitrogen and oxygen atoms in total. The van der Waals surface area contributed by atoms with Crippen LogP contribution in [0, 0.1) is 5.82 Å². The second kappa shape index (κ2) is 6.91. The molecule has 0 bridgehead atoms. The van der Waals surface area contributed by atoms with E-state index in [1.165, 1.54) is 6.07 Å². The van der Waals surface area contributed by atoms with E-state index >= 15 is 0 Å². The highest BCUT2D eigenvalue weighted by Crippen LogP contribution is 2.34. The Labute approximate surface area is 132 Å². The summed E-state index contributed by atoms with van der Waals surface area (Å²) in [5.41, 5.74) is 1.90. The summed E-state index contributed by atoms with van der Waals surface area (Å²) in [4.78, 5) is 0. The molecule has 0 aliphatic heterocycles. The molecule has 21 heavy (non-hydrogen) atoms. The van der Waals surface area contributed by atoms with Crippen molar-refractivity contribution in [3.8, 4) is 11.5 Å². The van der Waals surface area contributed by atoms with Crippen LogP contribution in [-0.2, 0) is 0 Å². The molecule has 1 unspecified atom stereocenters. The predicted octanol–water partition coefficient (Wildman–Crippen LogP) is 3.91. The molecule has 0 spiro atoms. The molecular weight excluding hydrogens is 337 g/mol. The third-order valence-corrected chi connectivity index (χ3v) is 3.93. The summed E-state index contributed by atoms with van der Waals surface area (Å²) in [5, 5.41) is 3.23. The van der Waals surface area contributed by atoms with E-state index in [0.29, 0.717) is 10.2 Å². The Morgan fingerprint density at radius 2 is 1.86 bits per heavy atom. The number of hydrogen-bond donors (Lipinski definition) is 1. The summed E-state index contributed by atoms with van der Waals surface area (Å²) in [7, 11) is 5.08. The fraction of sp³-hybridized carbons (Fsp3) is 0.250. The zero-order valence-corrected chi connectivity index (χ0v) is 13.7.